The Hall–Kier alpha value is -2.97. The predicted octanol–water partition coefficient (Wildman–Crippen LogP) is 5.26. The SMILES string of the molecule is CC(=O)NCc1ccc(C(=O)CSc2nc(-c3ccc(Br)cc3)nc3ccccc23)o1. The molecule has 156 valence electrons. The van der Waals surface area contributed by atoms with Gasteiger partial charge in [0.1, 0.15) is 10.8 Å². The Morgan fingerprint density at radius 3 is 2.58 bits per heavy atom. The smallest absolute Gasteiger partial charge is 0.217 e. The summed E-state index contributed by atoms with van der Waals surface area (Å²) in [6.07, 6.45) is 0. The zero-order chi connectivity index (χ0) is 21.8. The highest BCUT2D eigenvalue weighted by molar-refractivity contribution is 9.10. The van der Waals surface area contributed by atoms with Crippen LogP contribution in [0.3, 0.4) is 0 Å². The summed E-state index contributed by atoms with van der Waals surface area (Å²) in [4.78, 5) is 33.1. The van der Waals surface area contributed by atoms with E-state index in [-0.39, 0.29) is 29.7 Å². The van der Waals surface area contributed by atoms with E-state index in [0.717, 1.165) is 26.0 Å². The Morgan fingerprint density at radius 2 is 1.81 bits per heavy atom. The number of hydrogen-bond acceptors (Lipinski definition) is 6. The first kappa shape index (κ1) is 21.3. The first-order valence-corrected chi connectivity index (χ1v) is 11.3. The lowest BCUT2D eigenvalue weighted by Gasteiger charge is -2.08. The van der Waals surface area contributed by atoms with Crippen molar-refractivity contribution in [1.29, 1.82) is 0 Å². The first-order valence-electron chi connectivity index (χ1n) is 9.51. The lowest BCUT2D eigenvalue weighted by molar-refractivity contribution is -0.119. The number of thioether (sulfide) groups is 1. The average Bonchev–Trinajstić information content (AvgIpc) is 3.25. The highest BCUT2D eigenvalue weighted by atomic mass is 79.9. The van der Waals surface area contributed by atoms with E-state index < -0.39 is 0 Å². The third kappa shape index (κ3) is 5.21. The molecule has 0 atom stereocenters. The molecule has 2 aromatic carbocycles. The molecule has 0 saturated heterocycles. The van der Waals surface area contributed by atoms with Crippen molar-refractivity contribution in [3.8, 4) is 11.4 Å². The van der Waals surface area contributed by atoms with Crippen LogP contribution in [0.5, 0.6) is 0 Å². The van der Waals surface area contributed by atoms with Gasteiger partial charge in [-0.3, -0.25) is 9.59 Å². The number of carbonyl (C=O) groups excluding carboxylic acids is 2. The van der Waals surface area contributed by atoms with Crippen LogP contribution in [0.1, 0.15) is 23.2 Å². The summed E-state index contributed by atoms with van der Waals surface area (Å²) < 4.78 is 6.54. The predicted molar refractivity (Wildman–Crippen MR) is 124 cm³/mol. The van der Waals surface area contributed by atoms with Gasteiger partial charge < -0.3 is 9.73 Å². The minimum Gasteiger partial charge on any atom is -0.456 e. The number of para-hydroxylation sites is 1. The van der Waals surface area contributed by atoms with Gasteiger partial charge in [-0.25, -0.2) is 9.97 Å². The Morgan fingerprint density at radius 1 is 1.03 bits per heavy atom. The van der Waals surface area contributed by atoms with Crippen LogP contribution >= 0.6 is 27.7 Å². The lowest BCUT2D eigenvalue weighted by Crippen LogP contribution is -2.18. The fourth-order valence-corrected chi connectivity index (χ4v) is 4.08. The van der Waals surface area contributed by atoms with Gasteiger partial charge >= 0.3 is 0 Å². The summed E-state index contributed by atoms with van der Waals surface area (Å²) in [5.74, 6) is 1.28. The highest BCUT2D eigenvalue weighted by Gasteiger charge is 2.15. The molecule has 2 aromatic heterocycles. The normalized spacial score (nSPS) is 10.9. The van der Waals surface area contributed by atoms with Crippen LogP contribution in [-0.2, 0) is 11.3 Å². The zero-order valence-electron chi connectivity index (χ0n) is 16.6. The number of nitrogens with one attached hydrogen (secondary N) is 1. The molecular weight excluding hydrogens is 478 g/mol. The topological polar surface area (TPSA) is 85.1 Å². The monoisotopic (exact) mass is 495 g/mol. The second-order valence-electron chi connectivity index (χ2n) is 6.76. The van der Waals surface area contributed by atoms with Gasteiger partial charge in [0.05, 0.1) is 17.8 Å². The van der Waals surface area contributed by atoms with Crippen LogP contribution in [0.2, 0.25) is 0 Å². The number of rotatable bonds is 7. The number of hydrogen-bond donors (Lipinski definition) is 1. The molecule has 0 radical (unpaired) electrons. The molecule has 31 heavy (non-hydrogen) atoms. The van der Waals surface area contributed by atoms with Gasteiger partial charge in [-0.1, -0.05) is 58.0 Å². The van der Waals surface area contributed by atoms with Gasteiger partial charge in [0, 0.05) is 22.3 Å². The molecule has 0 unspecified atom stereocenters. The van der Waals surface area contributed by atoms with Crippen molar-refractivity contribution in [1.82, 2.24) is 15.3 Å². The van der Waals surface area contributed by atoms with E-state index in [9.17, 15) is 9.59 Å². The largest absolute Gasteiger partial charge is 0.456 e. The van der Waals surface area contributed by atoms with Gasteiger partial charge in [0.15, 0.2) is 11.6 Å². The lowest BCUT2D eigenvalue weighted by atomic mass is 10.2. The van der Waals surface area contributed by atoms with Gasteiger partial charge in [-0.2, -0.15) is 0 Å². The molecule has 2 heterocycles. The number of nitrogens with zero attached hydrogens (tertiary/aromatic N) is 2. The average molecular weight is 496 g/mol. The molecule has 1 N–H and O–H groups in total. The van der Waals surface area contributed by atoms with Gasteiger partial charge in [0.2, 0.25) is 11.7 Å². The van der Waals surface area contributed by atoms with Crippen molar-refractivity contribution in [3.63, 3.8) is 0 Å². The number of benzene rings is 2. The number of aromatic nitrogens is 2. The van der Waals surface area contributed by atoms with E-state index in [1.807, 2.05) is 48.5 Å². The van der Waals surface area contributed by atoms with E-state index >= 15 is 0 Å². The summed E-state index contributed by atoms with van der Waals surface area (Å²) >= 11 is 4.79. The first-order chi connectivity index (χ1) is 15.0. The van der Waals surface area contributed by atoms with Crippen molar-refractivity contribution >= 4 is 50.3 Å². The fourth-order valence-electron chi connectivity index (χ4n) is 2.92. The molecule has 4 aromatic rings. The summed E-state index contributed by atoms with van der Waals surface area (Å²) in [6.45, 7) is 1.68. The molecule has 0 aliphatic heterocycles. The van der Waals surface area contributed by atoms with E-state index in [4.69, 9.17) is 9.40 Å². The molecule has 8 heteroatoms. The number of amides is 1. The van der Waals surface area contributed by atoms with Crippen molar-refractivity contribution in [2.24, 2.45) is 0 Å². The summed E-state index contributed by atoms with van der Waals surface area (Å²) in [7, 11) is 0. The number of ketones is 1. The Bertz CT molecular complexity index is 1250. The van der Waals surface area contributed by atoms with E-state index in [1.54, 1.807) is 12.1 Å². The Labute approximate surface area is 191 Å². The van der Waals surface area contributed by atoms with Crippen LogP contribution in [0.15, 0.2) is 74.6 Å². The third-order valence-corrected chi connectivity index (χ3v) is 5.98. The van der Waals surface area contributed by atoms with Crippen LogP contribution in [0.25, 0.3) is 22.3 Å². The van der Waals surface area contributed by atoms with Gasteiger partial charge in [-0.05, 0) is 30.3 Å². The third-order valence-electron chi connectivity index (χ3n) is 4.46. The second kappa shape index (κ2) is 9.45. The zero-order valence-corrected chi connectivity index (χ0v) is 19.0. The molecule has 6 nitrogen and oxygen atoms in total. The van der Waals surface area contributed by atoms with Gasteiger partial charge in [-0.15, -0.1) is 0 Å². The van der Waals surface area contributed by atoms with Crippen LogP contribution in [0, 0.1) is 0 Å². The molecule has 4 rings (SSSR count). The maximum absolute atomic E-state index is 12.6. The molecule has 0 fully saturated rings. The minimum absolute atomic E-state index is 0.146. The quantitative estimate of drug-likeness (QED) is 0.213. The summed E-state index contributed by atoms with van der Waals surface area (Å²) in [6, 6.07) is 18.9. The van der Waals surface area contributed by atoms with Crippen molar-refractivity contribution < 1.29 is 14.0 Å². The molecule has 0 aliphatic carbocycles. The number of carbonyl (C=O) groups is 2. The molecule has 1 amide bonds. The molecule has 0 aliphatic rings. The standard InChI is InChI=1S/C23H18BrN3O3S/c1-14(28)25-12-17-10-11-21(30-17)20(29)13-31-23-18-4-2-3-5-19(18)26-22(27-23)15-6-8-16(24)9-7-15/h2-11H,12-13H2,1H3,(H,25,28). The van der Waals surface area contributed by atoms with Crippen molar-refractivity contribution in [2.75, 3.05) is 5.75 Å². The fraction of sp³-hybridized carbons (Fsp3) is 0.130. The van der Waals surface area contributed by atoms with Crippen LogP contribution < -0.4 is 5.32 Å². The van der Waals surface area contributed by atoms with Crippen LogP contribution in [-0.4, -0.2) is 27.4 Å². The van der Waals surface area contributed by atoms with E-state index in [1.165, 1.54) is 18.7 Å². The molecular formula is C23H18BrN3O3S. The molecule has 0 saturated carbocycles. The van der Waals surface area contributed by atoms with E-state index in [2.05, 4.69) is 26.2 Å². The number of halogens is 1. The van der Waals surface area contributed by atoms with Crippen molar-refractivity contribution in [3.05, 3.63) is 76.7 Å². The summed E-state index contributed by atoms with van der Waals surface area (Å²) in [5, 5.41) is 4.28. The van der Waals surface area contributed by atoms with E-state index in [0.29, 0.717) is 11.6 Å². The molecule has 0 spiro atoms. The van der Waals surface area contributed by atoms with Gasteiger partial charge in [0.25, 0.3) is 0 Å². The number of fused-ring (bicyclic) bond motifs is 1. The maximum Gasteiger partial charge on any atom is 0.217 e. The number of Topliss-reactive ketones (excluding diaryl/α,β-unsaturated/α-hetero) is 1. The second-order valence-corrected chi connectivity index (χ2v) is 8.64. The molecule has 0 bridgehead atoms. The summed E-state index contributed by atoms with van der Waals surface area (Å²) in [5.41, 5.74) is 1.72. The van der Waals surface area contributed by atoms with Crippen molar-refractivity contribution in [2.45, 2.75) is 18.5 Å². The minimum atomic E-state index is -0.156. The van der Waals surface area contributed by atoms with Crippen LogP contribution in [0.4, 0.5) is 0 Å². The number of furan rings is 1. The highest BCUT2D eigenvalue weighted by Crippen LogP contribution is 2.29. The Kier molecular flexibility index (Phi) is 6.48. The Balaban J connectivity index is 1.55. The maximum atomic E-state index is 12.6.